The number of furan rings is 2. The highest BCUT2D eigenvalue weighted by Crippen LogP contribution is 2.44. The van der Waals surface area contributed by atoms with Crippen molar-refractivity contribution in [1.82, 2.24) is 15.0 Å². The van der Waals surface area contributed by atoms with E-state index in [1.54, 1.807) is 0 Å². The maximum atomic E-state index is 6.81. The Kier molecular flexibility index (Phi) is 6.56. The Labute approximate surface area is 320 Å². The third-order valence-electron chi connectivity index (χ3n) is 11.1. The number of hydrogen-bond donors (Lipinski definition) is 0. The summed E-state index contributed by atoms with van der Waals surface area (Å²) in [6.07, 6.45) is 0. The van der Waals surface area contributed by atoms with Gasteiger partial charge in [-0.05, 0) is 56.6 Å². The van der Waals surface area contributed by atoms with Crippen LogP contribution in [0.3, 0.4) is 0 Å². The van der Waals surface area contributed by atoms with Crippen LogP contribution in [0.5, 0.6) is 0 Å². The normalized spacial score (nSPS) is 11.9. The van der Waals surface area contributed by atoms with Crippen molar-refractivity contribution in [3.63, 3.8) is 0 Å². The minimum atomic E-state index is 0.580. The predicted molar refractivity (Wildman–Crippen MR) is 229 cm³/mol. The topological polar surface area (TPSA) is 65.0 Å². The summed E-state index contributed by atoms with van der Waals surface area (Å²) in [5, 5.41) is 11.1. The molecule has 3 aromatic heterocycles. The molecule has 12 aromatic rings. The average molecular weight is 716 g/mol. The molecule has 12 rings (SSSR count). The Hall–Kier alpha value is -7.63. The smallest absolute Gasteiger partial charge is 0.164 e. The van der Waals surface area contributed by atoms with Crippen LogP contribution < -0.4 is 0 Å². The van der Waals surface area contributed by atoms with Gasteiger partial charge in [0.15, 0.2) is 17.5 Å². The van der Waals surface area contributed by atoms with E-state index in [-0.39, 0.29) is 0 Å². The van der Waals surface area contributed by atoms with Crippen molar-refractivity contribution in [2.45, 2.75) is 0 Å². The van der Waals surface area contributed by atoms with Gasteiger partial charge in [-0.2, -0.15) is 0 Å². The molecule has 0 spiro atoms. The van der Waals surface area contributed by atoms with E-state index in [2.05, 4.69) is 164 Å². The molecule has 0 unspecified atom stereocenters. The van der Waals surface area contributed by atoms with Crippen LogP contribution in [0.4, 0.5) is 0 Å². The molecule has 0 amide bonds. The first-order valence-electron chi connectivity index (χ1n) is 18.8. The monoisotopic (exact) mass is 715 g/mol. The lowest BCUT2D eigenvalue weighted by Crippen LogP contribution is -2.00. The van der Waals surface area contributed by atoms with Gasteiger partial charge in [0.1, 0.15) is 22.3 Å². The molecule has 0 aliphatic heterocycles. The zero-order chi connectivity index (χ0) is 36.7. The highest BCUT2D eigenvalue weighted by Gasteiger charge is 2.22. The summed E-state index contributed by atoms with van der Waals surface area (Å²) in [5.74, 6) is 1.80. The summed E-state index contributed by atoms with van der Waals surface area (Å²) >= 11 is 0. The molecule has 0 saturated heterocycles. The Balaban J connectivity index is 1.08. The van der Waals surface area contributed by atoms with E-state index in [4.69, 9.17) is 23.8 Å². The molecular weight excluding hydrogens is 687 g/mol. The van der Waals surface area contributed by atoms with E-state index >= 15 is 0 Å². The molecule has 5 heteroatoms. The van der Waals surface area contributed by atoms with Crippen molar-refractivity contribution < 1.29 is 8.83 Å². The lowest BCUT2D eigenvalue weighted by Gasteiger charge is -2.10. The molecule has 0 N–H and O–H groups in total. The van der Waals surface area contributed by atoms with Crippen molar-refractivity contribution in [2.75, 3.05) is 0 Å². The van der Waals surface area contributed by atoms with Gasteiger partial charge in [-0.15, -0.1) is 0 Å². The van der Waals surface area contributed by atoms with Gasteiger partial charge >= 0.3 is 0 Å². The van der Waals surface area contributed by atoms with Crippen LogP contribution >= 0.6 is 0 Å². The first-order valence-corrected chi connectivity index (χ1v) is 18.8. The fourth-order valence-corrected chi connectivity index (χ4v) is 8.44. The molecule has 0 aliphatic carbocycles. The van der Waals surface area contributed by atoms with E-state index in [0.717, 1.165) is 93.2 Å². The summed E-state index contributed by atoms with van der Waals surface area (Å²) in [6.45, 7) is 0. The van der Waals surface area contributed by atoms with Crippen LogP contribution in [0.2, 0.25) is 0 Å². The lowest BCUT2D eigenvalue weighted by atomic mass is 9.98. The van der Waals surface area contributed by atoms with Gasteiger partial charge in [0, 0.05) is 49.4 Å². The molecule has 0 atom stereocenters. The number of nitrogens with zero attached hydrogens (tertiary/aromatic N) is 3. The van der Waals surface area contributed by atoms with Crippen LogP contribution in [-0.2, 0) is 0 Å². The molecule has 3 heterocycles. The maximum absolute atomic E-state index is 6.81. The lowest BCUT2D eigenvalue weighted by molar-refractivity contribution is 0.665. The molecule has 0 fully saturated rings. The zero-order valence-electron chi connectivity index (χ0n) is 29.9. The first kappa shape index (κ1) is 30.8. The summed E-state index contributed by atoms with van der Waals surface area (Å²) < 4.78 is 13.5. The quantitative estimate of drug-likeness (QED) is 0.181. The Morgan fingerprint density at radius 1 is 0.304 bits per heavy atom. The molecule has 0 saturated carbocycles. The van der Waals surface area contributed by atoms with Crippen molar-refractivity contribution in [1.29, 1.82) is 0 Å². The number of hydrogen-bond acceptors (Lipinski definition) is 5. The Bertz CT molecular complexity index is 3460. The standard InChI is InChI=1S/C51H29N3O2/c1-3-13-33-28-35(24-22-30(33)10-1)49-52-50(36-25-23-31-11-2-4-14-34(31)29-36)54-51(53-49)42-20-9-21-43-46(42)41-19-8-17-39(48(41)55-43)38-16-7-18-40-45-37-15-6-5-12-32(37)26-27-44(45)56-47(38)40/h1-29H. The molecule has 5 nitrogen and oxygen atoms in total. The third kappa shape index (κ3) is 4.71. The Morgan fingerprint density at radius 2 is 0.768 bits per heavy atom. The summed E-state index contributed by atoms with van der Waals surface area (Å²) in [7, 11) is 0. The van der Waals surface area contributed by atoms with Crippen molar-refractivity contribution in [3.05, 3.63) is 176 Å². The number of aromatic nitrogens is 3. The van der Waals surface area contributed by atoms with Gasteiger partial charge in [0.05, 0.1) is 0 Å². The van der Waals surface area contributed by atoms with Crippen LogP contribution in [0.25, 0.3) is 121 Å². The van der Waals surface area contributed by atoms with Crippen LogP contribution in [0, 0.1) is 0 Å². The minimum absolute atomic E-state index is 0.580. The van der Waals surface area contributed by atoms with Gasteiger partial charge in [-0.3, -0.25) is 0 Å². The second-order valence-corrected chi connectivity index (χ2v) is 14.3. The van der Waals surface area contributed by atoms with Crippen LogP contribution in [-0.4, -0.2) is 15.0 Å². The maximum Gasteiger partial charge on any atom is 0.164 e. The number of rotatable bonds is 4. The predicted octanol–water partition coefficient (Wildman–Crippen LogP) is 13.8. The minimum Gasteiger partial charge on any atom is -0.455 e. The number of fused-ring (bicyclic) bond motifs is 10. The van der Waals surface area contributed by atoms with Crippen LogP contribution in [0.15, 0.2) is 185 Å². The second kappa shape index (κ2) is 11.9. The van der Waals surface area contributed by atoms with E-state index in [1.165, 1.54) is 10.8 Å². The summed E-state index contributed by atoms with van der Waals surface area (Å²) in [6, 6.07) is 60.9. The van der Waals surface area contributed by atoms with Gasteiger partial charge < -0.3 is 8.83 Å². The highest BCUT2D eigenvalue weighted by molar-refractivity contribution is 6.22. The molecule has 0 aliphatic rings. The van der Waals surface area contributed by atoms with Gasteiger partial charge in [-0.25, -0.2) is 15.0 Å². The van der Waals surface area contributed by atoms with Crippen molar-refractivity contribution in [3.8, 4) is 45.3 Å². The number of para-hydroxylation sites is 2. The molecule has 260 valence electrons. The van der Waals surface area contributed by atoms with E-state index in [1.807, 2.05) is 12.1 Å². The zero-order valence-corrected chi connectivity index (χ0v) is 29.9. The fourth-order valence-electron chi connectivity index (χ4n) is 8.44. The first-order chi connectivity index (χ1) is 27.7. The van der Waals surface area contributed by atoms with Crippen LogP contribution in [0.1, 0.15) is 0 Å². The number of benzene rings is 9. The van der Waals surface area contributed by atoms with Crippen molar-refractivity contribution >= 4 is 76.2 Å². The fraction of sp³-hybridized carbons (Fsp3) is 0. The van der Waals surface area contributed by atoms with E-state index < -0.39 is 0 Å². The van der Waals surface area contributed by atoms with E-state index in [9.17, 15) is 0 Å². The summed E-state index contributed by atoms with van der Waals surface area (Å²) in [5.41, 5.74) is 7.90. The molecule has 9 aromatic carbocycles. The van der Waals surface area contributed by atoms with Gasteiger partial charge in [-0.1, -0.05) is 152 Å². The van der Waals surface area contributed by atoms with E-state index in [0.29, 0.717) is 17.5 Å². The third-order valence-corrected chi connectivity index (χ3v) is 11.1. The molecule has 56 heavy (non-hydrogen) atoms. The van der Waals surface area contributed by atoms with Crippen molar-refractivity contribution in [2.24, 2.45) is 0 Å². The Morgan fingerprint density at radius 3 is 1.41 bits per heavy atom. The SMILES string of the molecule is c1ccc2cc(-c3nc(-c4ccc5ccccc5c4)nc(-c4cccc5oc6c(-c7cccc8c7oc7ccc9ccccc9c78)cccc6c45)n3)ccc2c1. The summed E-state index contributed by atoms with van der Waals surface area (Å²) in [4.78, 5) is 15.5. The van der Waals surface area contributed by atoms with Gasteiger partial charge in [0.2, 0.25) is 0 Å². The molecule has 0 radical (unpaired) electrons. The average Bonchev–Trinajstić information content (AvgIpc) is 3.85. The largest absolute Gasteiger partial charge is 0.455 e. The molecular formula is C51H29N3O2. The second-order valence-electron chi connectivity index (χ2n) is 14.3. The van der Waals surface area contributed by atoms with Gasteiger partial charge in [0.25, 0.3) is 0 Å². The molecule has 0 bridgehead atoms. The highest BCUT2D eigenvalue weighted by atomic mass is 16.3.